The van der Waals surface area contributed by atoms with Crippen molar-refractivity contribution in [2.75, 3.05) is 0 Å². The minimum Gasteiger partial charge on any atom is -0.351 e. The van der Waals surface area contributed by atoms with Gasteiger partial charge < -0.3 is 4.57 Å². The van der Waals surface area contributed by atoms with Gasteiger partial charge in [-0.15, -0.1) is 0 Å². The van der Waals surface area contributed by atoms with Crippen LogP contribution in [0.2, 0.25) is 0 Å². The molecule has 0 spiro atoms. The van der Waals surface area contributed by atoms with E-state index in [0.717, 1.165) is 25.7 Å². The third kappa shape index (κ3) is 3.27. The summed E-state index contributed by atoms with van der Waals surface area (Å²) >= 11 is 0. The summed E-state index contributed by atoms with van der Waals surface area (Å²) in [4.78, 5) is 0. The Balaban J connectivity index is 2.07. The SMILES string of the molecule is FC(F)(F)c1ccn(C2CCCCCCC2)c1. The van der Waals surface area contributed by atoms with E-state index in [1.165, 1.54) is 31.5 Å². The van der Waals surface area contributed by atoms with Crippen molar-refractivity contribution in [2.45, 2.75) is 57.2 Å². The van der Waals surface area contributed by atoms with E-state index in [2.05, 4.69) is 0 Å². The highest BCUT2D eigenvalue weighted by molar-refractivity contribution is 5.14. The molecule has 1 aromatic rings. The van der Waals surface area contributed by atoms with E-state index in [1.807, 2.05) is 0 Å². The highest BCUT2D eigenvalue weighted by Crippen LogP contribution is 2.32. The van der Waals surface area contributed by atoms with Crippen molar-refractivity contribution in [3.05, 3.63) is 24.0 Å². The van der Waals surface area contributed by atoms with E-state index < -0.39 is 11.7 Å². The molecule has 1 fully saturated rings. The molecule has 1 heterocycles. The minimum atomic E-state index is -4.22. The van der Waals surface area contributed by atoms with Crippen molar-refractivity contribution < 1.29 is 13.2 Å². The summed E-state index contributed by atoms with van der Waals surface area (Å²) in [6.07, 6.45) is 6.58. The largest absolute Gasteiger partial charge is 0.417 e. The van der Waals surface area contributed by atoms with E-state index in [4.69, 9.17) is 0 Å². The topological polar surface area (TPSA) is 4.93 Å². The minimum absolute atomic E-state index is 0.256. The van der Waals surface area contributed by atoms with E-state index >= 15 is 0 Å². The lowest BCUT2D eigenvalue weighted by Gasteiger charge is -2.21. The van der Waals surface area contributed by atoms with Gasteiger partial charge in [0, 0.05) is 18.4 Å². The number of hydrogen-bond acceptors (Lipinski definition) is 0. The van der Waals surface area contributed by atoms with Crippen molar-refractivity contribution in [1.82, 2.24) is 4.57 Å². The van der Waals surface area contributed by atoms with Crippen LogP contribution in [0.5, 0.6) is 0 Å². The summed E-state index contributed by atoms with van der Waals surface area (Å²) in [6.45, 7) is 0. The van der Waals surface area contributed by atoms with Crippen LogP contribution in [-0.4, -0.2) is 4.57 Å². The summed E-state index contributed by atoms with van der Waals surface area (Å²) in [5, 5.41) is 0. The molecule has 0 amide bonds. The van der Waals surface area contributed by atoms with Gasteiger partial charge in [0.1, 0.15) is 0 Å². The Kier molecular flexibility index (Phi) is 3.79. The molecule has 0 saturated heterocycles. The highest BCUT2D eigenvalue weighted by Gasteiger charge is 2.31. The molecule has 1 aromatic heterocycles. The van der Waals surface area contributed by atoms with Crippen LogP contribution in [0.15, 0.2) is 18.5 Å². The first-order valence-corrected chi connectivity index (χ1v) is 6.32. The molecular formula is C13H18F3N. The zero-order valence-corrected chi connectivity index (χ0v) is 9.84. The fraction of sp³-hybridized carbons (Fsp3) is 0.692. The fourth-order valence-corrected chi connectivity index (χ4v) is 2.54. The van der Waals surface area contributed by atoms with Crippen LogP contribution in [-0.2, 0) is 6.18 Å². The van der Waals surface area contributed by atoms with Gasteiger partial charge in [-0.25, -0.2) is 0 Å². The first-order chi connectivity index (χ1) is 8.07. The first-order valence-electron chi connectivity index (χ1n) is 6.32. The first kappa shape index (κ1) is 12.5. The Morgan fingerprint density at radius 1 is 1.00 bits per heavy atom. The molecule has 0 unspecified atom stereocenters. The lowest BCUT2D eigenvalue weighted by molar-refractivity contribution is -0.137. The number of aromatic nitrogens is 1. The molecule has 0 bridgehead atoms. The van der Waals surface area contributed by atoms with Crippen molar-refractivity contribution in [3.8, 4) is 0 Å². The van der Waals surface area contributed by atoms with Crippen LogP contribution < -0.4 is 0 Å². The summed E-state index contributed by atoms with van der Waals surface area (Å²) in [5.41, 5.74) is -0.528. The Hall–Kier alpha value is -0.930. The quantitative estimate of drug-likeness (QED) is 0.670. The Morgan fingerprint density at radius 3 is 2.12 bits per heavy atom. The van der Waals surface area contributed by atoms with Gasteiger partial charge in [-0.05, 0) is 18.9 Å². The highest BCUT2D eigenvalue weighted by atomic mass is 19.4. The molecule has 1 aliphatic rings. The van der Waals surface area contributed by atoms with Gasteiger partial charge in [0.2, 0.25) is 0 Å². The Labute approximate surface area is 99.6 Å². The summed E-state index contributed by atoms with van der Waals surface area (Å²) in [5.74, 6) is 0. The monoisotopic (exact) mass is 245 g/mol. The maximum atomic E-state index is 12.5. The maximum absolute atomic E-state index is 12.5. The average molecular weight is 245 g/mol. The third-order valence-corrected chi connectivity index (χ3v) is 3.54. The molecule has 96 valence electrons. The van der Waals surface area contributed by atoms with Crippen LogP contribution in [0.25, 0.3) is 0 Å². The number of rotatable bonds is 1. The smallest absolute Gasteiger partial charge is 0.351 e. The molecular weight excluding hydrogens is 227 g/mol. The fourth-order valence-electron chi connectivity index (χ4n) is 2.54. The number of alkyl halides is 3. The molecule has 4 heteroatoms. The predicted molar refractivity (Wildman–Crippen MR) is 60.8 cm³/mol. The molecule has 0 aliphatic heterocycles. The van der Waals surface area contributed by atoms with Crippen LogP contribution in [0.3, 0.4) is 0 Å². The van der Waals surface area contributed by atoms with Gasteiger partial charge >= 0.3 is 6.18 Å². The molecule has 17 heavy (non-hydrogen) atoms. The van der Waals surface area contributed by atoms with Gasteiger partial charge in [-0.1, -0.05) is 32.1 Å². The lowest BCUT2D eigenvalue weighted by Crippen LogP contribution is -2.10. The second-order valence-corrected chi connectivity index (χ2v) is 4.84. The van der Waals surface area contributed by atoms with Crippen molar-refractivity contribution in [3.63, 3.8) is 0 Å². The summed E-state index contributed by atoms with van der Waals surface area (Å²) < 4.78 is 39.3. The molecule has 0 aromatic carbocycles. The molecule has 1 nitrogen and oxygen atoms in total. The van der Waals surface area contributed by atoms with Crippen molar-refractivity contribution in [1.29, 1.82) is 0 Å². The summed E-state index contributed by atoms with van der Waals surface area (Å²) in [7, 11) is 0. The molecule has 0 N–H and O–H groups in total. The van der Waals surface area contributed by atoms with Crippen molar-refractivity contribution in [2.24, 2.45) is 0 Å². The summed E-state index contributed by atoms with van der Waals surface area (Å²) in [6, 6.07) is 1.44. The standard InChI is InChI=1S/C13H18F3N/c14-13(15,16)11-8-9-17(10-11)12-6-4-2-1-3-5-7-12/h8-10,12H,1-7H2. The lowest BCUT2D eigenvalue weighted by atomic mass is 9.97. The van der Waals surface area contributed by atoms with Crippen LogP contribution in [0.4, 0.5) is 13.2 Å². The van der Waals surface area contributed by atoms with Gasteiger partial charge in [0.05, 0.1) is 5.56 Å². The normalized spacial score (nSPS) is 19.9. The van der Waals surface area contributed by atoms with Crippen molar-refractivity contribution >= 4 is 0 Å². The second-order valence-electron chi connectivity index (χ2n) is 4.84. The third-order valence-electron chi connectivity index (χ3n) is 3.54. The predicted octanol–water partition coefficient (Wildman–Crippen LogP) is 4.79. The average Bonchev–Trinajstić information content (AvgIpc) is 2.65. The van der Waals surface area contributed by atoms with Gasteiger partial charge in [-0.2, -0.15) is 13.2 Å². The van der Waals surface area contributed by atoms with E-state index in [1.54, 1.807) is 10.8 Å². The number of halogens is 3. The Morgan fingerprint density at radius 2 is 1.59 bits per heavy atom. The van der Waals surface area contributed by atoms with Gasteiger partial charge in [-0.3, -0.25) is 0 Å². The van der Waals surface area contributed by atoms with Crippen LogP contribution in [0.1, 0.15) is 56.6 Å². The second kappa shape index (κ2) is 5.15. The number of nitrogens with zero attached hydrogens (tertiary/aromatic N) is 1. The Bertz CT molecular complexity index is 346. The van der Waals surface area contributed by atoms with E-state index in [9.17, 15) is 13.2 Å². The van der Waals surface area contributed by atoms with Crippen LogP contribution >= 0.6 is 0 Å². The van der Waals surface area contributed by atoms with Crippen LogP contribution in [0, 0.1) is 0 Å². The maximum Gasteiger partial charge on any atom is 0.417 e. The zero-order valence-electron chi connectivity index (χ0n) is 9.84. The van der Waals surface area contributed by atoms with Gasteiger partial charge in [0.25, 0.3) is 0 Å². The van der Waals surface area contributed by atoms with E-state index in [-0.39, 0.29) is 6.04 Å². The van der Waals surface area contributed by atoms with E-state index in [0.29, 0.717) is 0 Å². The number of hydrogen-bond donors (Lipinski definition) is 0. The molecule has 0 atom stereocenters. The van der Waals surface area contributed by atoms with Gasteiger partial charge in [0.15, 0.2) is 0 Å². The molecule has 1 saturated carbocycles. The molecule has 2 rings (SSSR count). The molecule has 0 radical (unpaired) electrons. The molecule has 1 aliphatic carbocycles. The zero-order chi connectivity index (χ0) is 12.3.